The number of carbonyl (C=O) groups excluding carboxylic acids is 1. The molecule has 78 valence electrons. The van der Waals surface area contributed by atoms with Crippen LogP contribution < -0.4 is 0 Å². The maximum Gasteiger partial charge on any atom is 0.258 e. The molecule has 0 bridgehead atoms. The van der Waals surface area contributed by atoms with Crippen molar-refractivity contribution >= 4 is 5.91 Å². The summed E-state index contributed by atoms with van der Waals surface area (Å²) in [5.74, 6) is -0.475. The number of hydrogen-bond acceptors (Lipinski definition) is 2. The molecule has 1 amide bonds. The number of piperidine rings is 1. The first-order valence-corrected chi connectivity index (χ1v) is 4.61. The molecule has 0 radical (unpaired) electrons. The lowest BCUT2D eigenvalue weighted by Crippen LogP contribution is -2.47. The zero-order valence-electron chi connectivity index (χ0n) is 7.75. The molecule has 0 aromatic heterocycles. The van der Waals surface area contributed by atoms with Gasteiger partial charge in [-0.3, -0.25) is 4.79 Å². The number of nitrogens with zero attached hydrogens (tertiary/aromatic N) is 2. The Bertz CT molecular complexity index is 250. The number of carbonyl (C=O) groups is 1. The molecule has 3 nitrogen and oxygen atoms in total. The zero-order valence-corrected chi connectivity index (χ0v) is 7.75. The van der Waals surface area contributed by atoms with Crippen molar-refractivity contribution in [1.82, 2.24) is 4.90 Å². The summed E-state index contributed by atoms with van der Waals surface area (Å²) >= 11 is 0. The van der Waals surface area contributed by atoms with Gasteiger partial charge in [0.25, 0.3) is 6.43 Å². The maximum atomic E-state index is 12.5. The first kappa shape index (κ1) is 10.9. The summed E-state index contributed by atoms with van der Waals surface area (Å²) in [6, 6.07) is 0.706. The molecule has 1 atom stereocenters. The highest BCUT2D eigenvalue weighted by Gasteiger charge is 2.32. The van der Waals surface area contributed by atoms with E-state index in [2.05, 4.69) is 0 Å². The normalized spacial score (nSPS) is 22.1. The summed E-state index contributed by atoms with van der Waals surface area (Å²) < 4.78 is 25.0. The third kappa shape index (κ3) is 2.41. The lowest BCUT2D eigenvalue weighted by atomic mass is 10.0. The average molecular weight is 202 g/mol. The van der Waals surface area contributed by atoms with E-state index in [0.717, 1.165) is 17.7 Å². The number of amides is 1. The molecule has 0 aromatic carbocycles. The van der Waals surface area contributed by atoms with Gasteiger partial charge in [0, 0.05) is 6.54 Å². The molecule has 1 aliphatic rings. The minimum atomic E-state index is -2.50. The molecule has 1 heterocycles. The molecule has 0 saturated carbocycles. The van der Waals surface area contributed by atoms with Gasteiger partial charge in [-0.15, -0.1) is 0 Å². The number of hydrogen-bond donors (Lipinski definition) is 0. The van der Waals surface area contributed by atoms with Crippen LogP contribution in [0.3, 0.4) is 0 Å². The molecule has 0 aromatic rings. The minimum Gasteiger partial charge on any atom is -0.333 e. The molecule has 1 aliphatic heterocycles. The van der Waals surface area contributed by atoms with Gasteiger partial charge >= 0.3 is 0 Å². The Labute approximate surface area is 81.3 Å². The van der Waals surface area contributed by atoms with E-state index in [4.69, 9.17) is 5.26 Å². The van der Waals surface area contributed by atoms with E-state index in [9.17, 15) is 13.6 Å². The lowest BCUT2D eigenvalue weighted by Gasteiger charge is -2.34. The van der Waals surface area contributed by atoms with Crippen molar-refractivity contribution in [3.05, 3.63) is 0 Å². The molecule has 0 spiro atoms. The summed E-state index contributed by atoms with van der Waals surface area (Å²) in [5.41, 5.74) is 0. The van der Waals surface area contributed by atoms with Gasteiger partial charge in [-0.05, 0) is 19.3 Å². The molecular formula is C9H12F2N2O. The first-order valence-electron chi connectivity index (χ1n) is 4.61. The highest BCUT2D eigenvalue weighted by atomic mass is 19.3. The van der Waals surface area contributed by atoms with Crippen molar-refractivity contribution in [2.75, 3.05) is 6.54 Å². The molecule has 0 N–H and O–H groups in total. The number of halogens is 2. The van der Waals surface area contributed by atoms with E-state index < -0.39 is 18.4 Å². The van der Waals surface area contributed by atoms with Crippen LogP contribution in [0.1, 0.15) is 25.7 Å². The van der Waals surface area contributed by atoms with Gasteiger partial charge in [-0.2, -0.15) is 5.26 Å². The van der Waals surface area contributed by atoms with Crippen LogP contribution in [0.15, 0.2) is 0 Å². The highest BCUT2D eigenvalue weighted by Crippen LogP contribution is 2.22. The molecular weight excluding hydrogens is 190 g/mol. The zero-order chi connectivity index (χ0) is 10.6. The molecule has 5 heteroatoms. The van der Waals surface area contributed by atoms with Crippen LogP contribution in [-0.4, -0.2) is 29.8 Å². The number of likely N-dealkylation sites (tertiary alicyclic amines) is 1. The van der Waals surface area contributed by atoms with Crippen LogP contribution in [0.4, 0.5) is 8.78 Å². The molecule has 1 fully saturated rings. The van der Waals surface area contributed by atoms with Crippen LogP contribution in [0.25, 0.3) is 0 Å². The van der Waals surface area contributed by atoms with Gasteiger partial charge in [-0.25, -0.2) is 8.78 Å². The Morgan fingerprint density at radius 1 is 1.57 bits per heavy atom. The van der Waals surface area contributed by atoms with Crippen molar-refractivity contribution in [2.24, 2.45) is 0 Å². The van der Waals surface area contributed by atoms with Gasteiger partial charge in [0.1, 0.15) is 6.42 Å². The van der Waals surface area contributed by atoms with E-state index in [1.165, 1.54) is 0 Å². The van der Waals surface area contributed by atoms with Crippen molar-refractivity contribution in [3.63, 3.8) is 0 Å². The van der Waals surface area contributed by atoms with Crippen LogP contribution >= 0.6 is 0 Å². The minimum absolute atomic E-state index is 0.302. The fraction of sp³-hybridized carbons (Fsp3) is 0.778. The second kappa shape index (κ2) is 4.89. The molecule has 0 aliphatic carbocycles. The van der Waals surface area contributed by atoms with E-state index in [0.29, 0.717) is 13.0 Å². The summed E-state index contributed by atoms with van der Waals surface area (Å²) in [7, 11) is 0. The Kier molecular flexibility index (Phi) is 3.81. The van der Waals surface area contributed by atoms with E-state index in [-0.39, 0.29) is 6.42 Å². The van der Waals surface area contributed by atoms with Gasteiger partial charge in [-0.1, -0.05) is 0 Å². The summed E-state index contributed by atoms with van der Waals surface area (Å²) in [6.45, 7) is 0.357. The second-order valence-electron chi connectivity index (χ2n) is 3.32. The first-order chi connectivity index (χ1) is 6.66. The van der Waals surface area contributed by atoms with Crippen molar-refractivity contribution in [3.8, 4) is 6.07 Å². The fourth-order valence-electron chi connectivity index (χ4n) is 1.70. The summed E-state index contributed by atoms with van der Waals surface area (Å²) in [5, 5.41) is 8.31. The molecule has 14 heavy (non-hydrogen) atoms. The molecule has 1 saturated heterocycles. The maximum absolute atomic E-state index is 12.5. The van der Waals surface area contributed by atoms with Gasteiger partial charge in [0.15, 0.2) is 0 Å². The largest absolute Gasteiger partial charge is 0.333 e. The van der Waals surface area contributed by atoms with Crippen LogP contribution in [0.2, 0.25) is 0 Å². The third-order valence-electron chi connectivity index (χ3n) is 2.39. The predicted octanol–water partition coefficient (Wildman–Crippen LogP) is 1.55. The van der Waals surface area contributed by atoms with E-state index in [1.807, 2.05) is 0 Å². The smallest absolute Gasteiger partial charge is 0.258 e. The van der Waals surface area contributed by atoms with Crippen molar-refractivity contribution in [1.29, 1.82) is 5.26 Å². The van der Waals surface area contributed by atoms with Gasteiger partial charge < -0.3 is 4.90 Å². The van der Waals surface area contributed by atoms with Gasteiger partial charge in [0.05, 0.1) is 12.1 Å². The third-order valence-corrected chi connectivity index (χ3v) is 2.39. The SMILES string of the molecule is N#CCC(=O)N1CCCC[C@@H]1C(F)F. The topological polar surface area (TPSA) is 44.1 Å². The Balaban J connectivity index is 2.63. The number of rotatable bonds is 2. The fourth-order valence-corrected chi connectivity index (χ4v) is 1.70. The van der Waals surface area contributed by atoms with Gasteiger partial charge in [0.2, 0.25) is 5.91 Å². The number of alkyl halides is 2. The second-order valence-corrected chi connectivity index (χ2v) is 3.32. The monoisotopic (exact) mass is 202 g/mol. The van der Waals surface area contributed by atoms with E-state index in [1.54, 1.807) is 6.07 Å². The van der Waals surface area contributed by atoms with Crippen LogP contribution in [0, 0.1) is 11.3 Å². The van der Waals surface area contributed by atoms with Crippen LogP contribution in [0.5, 0.6) is 0 Å². The average Bonchev–Trinajstić information content (AvgIpc) is 2.18. The van der Waals surface area contributed by atoms with Crippen LogP contribution in [-0.2, 0) is 4.79 Å². The Hall–Kier alpha value is -1.18. The van der Waals surface area contributed by atoms with Crippen molar-refractivity contribution < 1.29 is 13.6 Å². The summed E-state index contributed by atoms with van der Waals surface area (Å²) in [4.78, 5) is 12.4. The van der Waals surface area contributed by atoms with E-state index >= 15 is 0 Å². The lowest BCUT2D eigenvalue weighted by molar-refractivity contribution is -0.138. The number of nitriles is 1. The Morgan fingerprint density at radius 2 is 2.29 bits per heavy atom. The standard InChI is InChI=1S/C9H12F2N2O/c10-9(11)7-3-1-2-6-13(7)8(14)4-5-12/h7,9H,1-4,6H2/t7-/m1/s1. The van der Waals surface area contributed by atoms with Crippen molar-refractivity contribution in [2.45, 2.75) is 38.2 Å². The highest BCUT2D eigenvalue weighted by molar-refractivity contribution is 5.78. The Morgan fingerprint density at radius 3 is 2.86 bits per heavy atom. The predicted molar refractivity (Wildman–Crippen MR) is 45.6 cm³/mol. The quantitative estimate of drug-likeness (QED) is 0.681. The molecule has 0 unspecified atom stereocenters. The molecule has 1 rings (SSSR count). The summed E-state index contributed by atoms with van der Waals surface area (Å²) in [6.07, 6.45) is -0.984.